The summed E-state index contributed by atoms with van der Waals surface area (Å²) in [5.74, 6) is -0.725. The maximum Gasteiger partial charge on any atom is 0.285 e. The van der Waals surface area contributed by atoms with Gasteiger partial charge in [0.05, 0.1) is 17.8 Å². The smallest absolute Gasteiger partial charge is 0.285 e. The van der Waals surface area contributed by atoms with Gasteiger partial charge >= 0.3 is 0 Å². The number of nitrogens with zero attached hydrogens (tertiary/aromatic N) is 2. The Bertz CT molecular complexity index is 487. The van der Waals surface area contributed by atoms with Crippen LogP contribution in [0.25, 0.3) is 0 Å². The first-order chi connectivity index (χ1) is 9.69. The van der Waals surface area contributed by atoms with Crippen LogP contribution in [-0.2, 0) is 14.4 Å². The van der Waals surface area contributed by atoms with Gasteiger partial charge in [0.2, 0.25) is 0 Å². The van der Waals surface area contributed by atoms with Gasteiger partial charge in [-0.15, -0.1) is 5.06 Å². The van der Waals surface area contributed by atoms with E-state index >= 15 is 0 Å². The monoisotopic (exact) mass is 276 g/mol. The van der Waals surface area contributed by atoms with Crippen molar-refractivity contribution in [3.05, 3.63) is 35.5 Å². The summed E-state index contributed by atoms with van der Waals surface area (Å²) in [6, 6.07) is 0. The Morgan fingerprint density at radius 3 is 2.60 bits per heavy atom. The lowest BCUT2D eigenvalue weighted by atomic mass is 10.1. The summed E-state index contributed by atoms with van der Waals surface area (Å²) < 4.78 is 0. The molecule has 0 aromatic rings. The third kappa shape index (κ3) is 2.89. The van der Waals surface area contributed by atoms with Gasteiger partial charge in [0.25, 0.3) is 11.8 Å². The number of rotatable bonds is 6. The summed E-state index contributed by atoms with van der Waals surface area (Å²) in [6.07, 6.45) is 7.80. The molecule has 0 bridgehead atoms. The van der Waals surface area contributed by atoms with Gasteiger partial charge in [-0.2, -0.15) is 0 Å². The zero-order valence-corrected chi connectivity index (χ0v) is 12.0. The fourth-order valence-electron chi connectivity index (χ4n) is 2.25. The third-order valence-electron chi connectivity index (χ3n) is 3.50. The first-order valence-corrected chi connectivity index (χ1v) is 7.00. The Morgan fingerprint density at radius 2 is 1.90 bits per heavy atom. The number of hydrogen-bond acceptors (Lipinski definition) is 4. The Hall–Kier alpha value is -1.72. The lowest BCUT2D eigenvalue weighted by Gasteiger charge is -2.19. The van der Waals surface area contributed by atoms with Crippen LogP contribution in [0.1, 0.15) is 20.3 Å². The number of carbonyl (C=O) groups is 2. The molecular formula is C15H20N2O3. The molecule has 5 heteroatoms. The molecule has 2 aliphatic rings. The molecule has 1 saturated heterocycles. The van der Waals surface area contributed by atoms with Gasteiger partial charge in [-0.1, -0.05) is 32.1 Å². The van der Waals surface area contributed by atoms with Crippen LogP contribution in [0.2, 0.25) is 0 Å². The lowest BCUT2D eigenvalue weighted by Crippen LogP contribution is -2.34. The molecule has 0 radical (unpaired) electrons. The number of imide groups is 1. The van der Waals surface area contributed by atoms with Crippen molar-refractivity contribution in [1.29, 1.82) is 0 Å². The predicted octanol–water partition coefficient (Wildman–Crippen LogP) is 1.44. The number of allylic oxidation sites excluding steroid dienone is 4. The second-order valence-corrected chi connectivity index (χ2v) is 4.63. The van der Waals surface area contributed by atoms with Crippen molar-refractivity contribution < 1.29 is 14.4 Å². The highest BCUT2D eigenvalue weighted by Crippen LogP contribution is 2.27. The quantitative estimate of drug-likeness (QED) is 0.689. The number of hydrogen-bond donors (Lipinski definition) is 0. The first kappa shape index (κ1) is 14.7. The van der Waals surface area contributed by atoms with Crippen molar-refractivity contribution in [2.75, 3.05) is 26.2 Å². The minimum Gasteiger partial charge on any atom is -0.301 e. The minimum atomic E-state index is -0.368. The average molecular weight is 276 g/mol. The van der Waals surface area contributed by atoms with Crippen molar-refractivity contribution >= 4 is 11.8 Å². The number of likely N-dealkylation sites (N-methyl/N-ethyl adjacent to an activating group) is 1. The van der Waals surface area contributed by atoms with E-state index in [-0.39, 0.29) is 11.8 Å². The maximum absolute atomic E-state index is 12.1. The summed E-state index contributed by atoms with van der Waals surface area (Å²) in [5, 5.41) is 0.889. The van der Waals surface area contributed by atoms with E-state index in [0.29, 0.717) is 30.7 Å². The number of hydroxylamine groups is 2. The van der Waals surface area contributed by atoms with Crippen LogP contribution < -0.4 is 0 Å². The SMILES string of the molecule is CCN(CC)CCON1C(=O)C2=CC=CCC=C2C1=O. The Labute approximate surface area is 119 Å². The summed E-state index contributed by atoms with van der Waals surface area (Å²) in [7, 11) is 0. The summed E-state index contributed by atoms with van der Waals surface area (Å²) in [4.78, 5) is 31.8. The average Bonchev–Trinajstić information content (AvgIpc) is 2.66. The zero-order valence-electron chi connectivity index (χ0n) is 12.0. The normalized spacial score (nSPS) is 18.2. The van der Waals surface area contributed by atoms with Crippen molar-refractivity contribution in [2.24, 2.45) is 0 Å². The fourth-order valence-corrected chi connectivity index (χ4v) is 2.25. The van der Waals surface area contributed by atoms with E-state index < -0.39 is 0 Å². The highest BCUT2D eigenvalue weighted by molar-refractivity contribution is 6.23. The van der Waals surface area contributed by atoms with Crippen molar-refractivity contribution in [1.82, 2.24) is 9.96 Å². The molecule has 0 N–H and O–H groups in total. The highest BCUT2D eigenvalue weighted by atomic mass is 16.7. The van der Waals surface area contributed by atoms with Gasteiger partial charge in [-0.25, -0.2) is 0 Å². The predicted molar refractivity (Wildman–Crippen MR) is 75.5 cm³/mol. The molecule has 0 saturated carbocycles. The molecule has 2 amide bonds. The van der Waals surface area contributed by atoms with Gasteiger partial charge in [0.1, 0.15) is 0 Å². The second-order valence-electron chi connectivity index (χ2n) is 4.63. The molecule has 0 unspecified atom stereocenters. The molecule has 0 aromatic heterocycles. The molecule has 0 aromatic carbocycles. The first-order valence-electron chi connectivity index (χ1n) is 7.00. The van der Waals surface area contributed by atoms with Crippen LogP contribution in [-0.4, -0.2) is 48.0 Å². The van der Waals surface area contributed by atoms with Gasteiger partial charge in [0.15, 0.2) is 0 Å². The molecular weight excluding hydrogens is 256 g/mol. The van der Waals surface area contributed by atoms with Gasteiger partial charge in [-0.3, -0.25) is 14.4 Å². The van der Waals surface area contributed by atoms with Crippen molar-refractivity contribution in [3.8, 4) is 0 Å². The van der Waals surface area contributed by atoms with E-state index in [1.807, 2.05) is 6.08 Å². The second kappa shape index (κ2) is 6.63. The van der Waals surface area contributed by atoms with Crippen molar-refractivity contribution in [3.63, 3.8) is 0 Å². The Morgan fingerprint density at radius 1 is 1.20 bits per heavy atom. The van der Waals surface area contributed by atoms with Crippen LogP contribution in [0.3, 0.4) is 0 Å². The van der Waals surface area contributed by atoms with Crippen LogP contribution in [0, 0.1) is 0 Å². The summed E-state index contributed by atoms with van der Waals surface area (Å²) >= 11 is 0. The standard InChI is InChI=1S/C15H20N2O3/c1-3-16(4-2)10-11-20-17-14(18)12-8-6-5-7-9-13(12)15(17)19/h5-6,8-9H,3-4,7,10-11H2,1-2H3. The molecule has 108 valence electrons. The molecule has 2 rings (SSSR count). The van der Waals surface area contributed by atoms with Crippen LogP contribution in [0.5, 0.6) is 0 Å². The van der Waals surface area contributed by atoms with E-state index in [1.165, 1.54) is 0 Å². The minimum absolute atomic E-state index is 0.329. The molecule has 1 heterocycles. The van der Waals surface area contributed by atoms with E-state index in [0.717, 1.165) is 18.2 Å². The van der Waals surface area contributed by atoms with Gasteiger partial charge in [0, 0.05) is 6.54 Å². The largest absolute Gasteiger partial charge is 0.301 e. The summed E-state index contributed by atoms with van der Waals surface area (Å²) in [6.45, 7) is 6.99. The van der Waals surface area contributed by atoms with E-state index in [2.05, 4.69) is 18.7 Å². The van der Waals surface area contributed by atoms with E-state index in [4.69, 9.17) is 4.84 Å². The zero-order chi connectivity index (χ0) is 14.5. The highest BCUT2D eigenvalue weighted by Gasteiger charge is 2.39. The molecule has 20 heavy (non-hydrogen) atoms. The Balaban J connectivity index is 2.00. The number of fused-ring (bicyclic) bond motifs is 1. The Kier molecular flexibility index (Phi) is 4.87. The van der Waals surface area contributed by atoms with E-state index in [9.17, 15) is 9.59 Å². The molecule has 1 fully saturated rings. The maximum atomic E-state index is 12.1. The van der Waals surface area contributed by atoms with Crippen LogP contribution in [0.15, 0.2) is 35.5 Å². The van der Waals surface area contributed by atoms with Crippen LogP contribution in [0.4, 0.5) is 0 Å². The molecule has 1 aliphatic heterocycles. The van der Waals surface area contributed by atoms with E-state index in [1.54, 1.807) is 18.2 Å². The third-order valence-corrected chi connectivity index (χ3v) is 3.50. The molecule has 0 spiro atoms. The lowest BCUT2D eigenvalue weighted by molar-refractivity contribution is -0.186. The topological polar surface area (TPSA) is 49.9 Å². The summed E-state index contributed by atoms with van der Waals surface area (Å²) in [5.41, 5.74) is 0.870. The van der Waals surface area contributed by atoms with Gasteiger partial charge in [-0.05, 0) is 25.6 Å². The fraction of sp³-hybridized carbons (Fsp3) is 0.467. The molecule has 0 atom stereocenters. The molecule has 5 nitrogen and oxygen atoms in total. The van der Waals surface area contributed by atoms with Gasteiger partial charge < -0.3 is 4.90 Å². The number of carbonyl (C=O) groups excluding carboxylic acids is 2. The number of amides is 2. The van der Waals surface area contributed by atoms with Crippen molar-refractivity contribution in [2.45, 2.75) is 20.3 Å². The molecule has 1 aliphatic carbocycles. The van der Waals surface area contributed by atoms with Crippen LogP contribution >= 0.6 is 0 Å².